The average molecular weight is 297 g/mol. The van der Waals surface area contributed by atoms with Crippen molar-refractivity contribution in [2.24, 2.45) is 17.1 Å². The Labute approximate surface area is 126 Å². The number of fused-ring (bicyclic) bond motifs is 1. The monoisotopic (exact) mass is 297 g/mol. The predicted octanol–water partition coefficient (Wildman–Crippen LogP) is 0.113. The Morgan fingerprint density at radius 1 is 1.43 bits per heavy atom. The van der Waals surface area contributed by atoms with E-state index in [4.69, 9.17) is 10.5 Å². The van der Waals surface area contributed by atoms with E-state index in [0.29, 0.717) is 13.2 Å². The van der Waals surface area contributed by atoms with Gasteiger partial charge in [0, 0.05) is 31.5 Å². The SMILES string of the molecule is CCCNC(=O)CN(C)C(=O)C1(N)C2CCOC2C1(C)C. The normalized spacial score (nSPS) is 33.0. The molecule has 3 unspecified atom stereocenters. The lowest BCUT2D eigenvalue weighted by atomic mass is 9.47. The van der Waals surface area contributed by atoms with Gasteiger partial charge in [0.25, 0.3) is 0 Å². The number of rotatable bonds is 5. The molecule has 3 N–H and O–H groups in total. The zero-order chi connectivity index (χ0) is 15.8. The molecule has 21 heavy (non-hydrogen) atoms. The van der Waals surface area contributed by atoms with Crippen molar-refractivity contribution in [1.29, 1.82) is 0 Å². The van der Waals surface area contributed by atoms with Crippen LogP contribution in [0.4, 0.5) is 0 Å². The van der Waals surface area contributed by atoms with Crippen LogP contribution in [0.2, 0.25) is 0 Å². The standard InChI is InChI=1S/C15H27N3O3/c1-5-7-17-11(19)9-18(4)13(20)15(16)10-6-8-21-12(10)14(15,2)3/h10,12H,5-9,16H2,1-4H3,(H,17,19). The first kappa shape index (κ1) is 16.2. The van der Waals surface area contributed by atoms with Crippen LogP contribution in [0, 0.1) is 11.3 Å². The Morgan fingerprint density at radius 2 is 2.10 bits per heavy atom. The van der Waals surface area contributed by atoms with Gasteiger partial charge in [-0.3, -0.25) is 9.59 Å². The second-order valence-corrected chi connectivity index (χ2v) is 6.79. The fourth-order valence-electron chi connectivity index (χ4n) is 3.74. The number of carbonyl (C=O) groups is 2. The maximum atomic E-state index is 12.8. The van der Waals surface area contributed by atoms with Crippen molar-refractivity contribution in [3.63, 3.8) is 0 Å². The van der Waals surface area contributed by atoms with Crippen LogP contribution in [-0.4, -0.2) is 55.1 Å². The van der Waals surface area contributed by atoms with Gasteiger partial charge in [-0.2, -0.15) is 0 Å². The Bertz CT molecular complexity index is 438. The van der Waals surface area contributed by atoms with Crippen molar-refractivity contribution in [2.45, 2.75) is 45.3 Å². The number of carbonyl (C=O) groups excluding carboxylic acids is 2. The summed E-state index contributed by atoms with van der Waals surface area (Å²) in [5.74, 6) is -0.250. The molecule has 1 heterocycles. The summed E-state index contributed by atoms with van der Waals surface area (Å²) in [6.07, 6.45) is 1.73. The molecule has 120 valence electrons. The molecule has 6 nitrogen and oxygen atoms in total. The van der Waals surface area contributed by atoms with E-state index in [0.717, 1.165) is 12.8 Å². The molecule has 2 rings (SSSR count). The quantitative estimate of drug-likeness (QED) is 0.754. The highest BCUT2D eigenvalue weighted by molar-refractivity contribution is 5.92. The van der Waals surface area contributed by atoms with Gasteiger partial charge in [0.1, 0.15) is 5.54 Å². The first-order valence-electron chi connectivity index (χ1n) is 7.69. The van der Waals surface area contributed by atoms with Crippen LogP contribution < -0.4 is 11.1 Å². The predicted molar refractivity (Wildman–Crippen MR) is 79.5 cm³/mol. The number of ether oxygens (including phenoxy) is 1. The van der Waals surface area contributed by atoms with Gasteiger partial charge in [0.2, 0.25) is 11.8 Å². The van der Waals surface area contributed by atoms with E-state index in [1.165, 1.54) is 4.90 Å². The van der Waals surface area contributed by atoms with Gasteiger partial charge in [0.15, 0.2) is 0 Å². The zero-order valence-electron chi connectivity index (χ0n) is 13.4. The van der Waals surface area contributed by atoms with E-state index in [1.54, 1.807) is 7.05 Å². The largest absolute Gasteiger partial charge is 0.377 e. The Hall–Kier alpha value is -1.14. The molecule has 2 amide bonds. The molecule has 2 aliphatic rings. The minimum Gasteiger partial charge on any atom is -0.377 e. The molecule has 0 aromatic rings. The van der Waals surface area contributed by atoms with Crippen LogP contribution in [-0.2, 0) is 14.3 Å². The first-order valence-corrected chi connectivity index (χ1v) is 7.69. The van der Waals surface area contributed by atoms with Gasteiger partial charge in [-0.05, 0) is 12.8 Å². The Balaban J connectivity index is 2.03. The molecule has 3 atom stereocenters. The summed E-state index contributed by atoms with van der Waals surface area (Å²) in [7, 11) is 1.64. The lowest BCUT2D eigenvalue weighted by molar-refractivity contribution is -0.183. The van der Waals surface area contributed by atoms with Gasteiger partial charge in [-0.25, -0.2) is 0 Å². The topological polar surface area (TPSA) is 84.7 Å². The number of nitrogens with zero attached hydrogens (tertiary/aromatic N) is 1. The van der Waals surface area contributed by atoms with Gasteiger partial charge in [-0.1, -0.05) is 20.8 Å². The summed E-state index contributed by atoms with van der Waals surface area (Å²) in [5, 5.41) is 2.77. The maximum absolute atomic E-state index is 12.8. The van der Waals surface area contributed by atoms with E-state index in [-0.39, 0.29) is 30.4 Å². The van der Waals surface area contributed by atoms with Crippen molar-refractivity contribution in [3.05, 3.63) is 0 Å². The minimum absolute atomic E-state index is 0.0477. The second-order valence-electron chi connectivity index (χ2n) is 6.79. The smallest absolute Gasteiger partial charge is 0.243 e. The van der Waals surface area contributed by atoms with Crippen LogP contribution in [0.3, 0.4) is 0 Å². The van der Waals surface area contributed by atoms with E-state index >= 15 is 0 Å². The van der Waals surface area contributed by atoms with E-state index in [1.807, 2.05) is 20.8 Å². The molecule has 1 aliphatic carbocycles. The maximum Gasteiger partial charge on any atom is 0.243 e. The van der Waals surface area contributed by atoms with Crippen molar-refractivity contribution in [3.8, 4) is 0 Å². The number of hydrogen-bond acceptors (Lipinski definition) is 4. The summed E-state index contributed by atoms with van der Waals surface area (Å²) in [6.45, 7) is 7.27. The number of amides is 2. The Kier molecular flexibility index (Phi) is 4.31. The third-order valence-electron chi connectivity index (χ3n) is 5.11. The second kappa shape index (κ2) is 5.57. The van der Waals surface area contributed by atoms with Crippen molar-refractivity contribution >= 4 is 11.8 Å². The summed E-state index contributed by atoms with van der Waals surface area (Å²) in [6, 6.07) is 0. The molecule has 0 aromatic heterocycles. The van der Waals surface area contributed by atoms with Crippen LogP contribution in [0.5, 0.6) is 0 Å². The summed E-state index contributed by atoms with van der Waals surface area (Å²) in [5.41, 5.74) is 5.14. The van der Waals surface area contributed by atoms with E-state index < -0.39 is 11.0 Å². The molecule has 0 spiro atoms. The van der Waals surface area contributed by atoms with Crippen molar-refractivity contribution in [2.75, 3.05) is 26.7 Å². The molecule has 0 radical (unpaired) electrons. The molecule has 1 saturated carbocycles. The highest BCUT2D eigenvalue weighted by Gasteiger charge is 2.71. The lowest BCUT2D eigenvalue weighted by Gasteiger charge is -2.61. The fourth-order valence-corrected chi connectivity index (χ4v) is 3.74. The van der Waals surface area contributed by atoms with Crippen LogP contribution >= 0.6 is 0 Å². The zero-order valence-corrected chi connectivity index (χ0v) is 13.4. The molecule has 0 bridgehead atoms. The fraction of sp³-hybridized carbons (Fsp3) is 0.867. The molecular formula is C15H27N3O3. The van der Waals surface area contributed by atoms with E-state index in [2.05, 4.69) is 5.32 Å². The molecular weight excluding hydrogens is 270 g/mol. The summed E-state index contributed by atoms with van der Waals surface area (Å²) >= 11 is 0. The van der Waals surface area contributed by atoms with Gasteiger partial charge in [-0.15, -0.1) is 0 Å². The number of nitrogens with two attached hydrogens (primary N) is 1. The number of likely N-dealkylation sites (N-methyl/N-ethyl adjacent to an activating group) is 1. The van der Waals surface area contributed by atoms with E-state index in [9.17, 15) is 9.59 Å². The van der Waals surface area contributed by atoms with Gasteiger partial charge in [0.05, 0.1) is 12.6 Å². The van der Waals surface area contributed by atoms with Crippen LogP contribution in [0.15, 0.2) is 0 Å². The molecule has 2 fully saturated rings. The van der Waals surface area contributed by atoms with Crippen LogP contribution in [0.25, 0.3) is 0 Å². The van der Waals surface area contributed by atoms with Gasteiger partial charge >= 0.3 is 0 Å². The third kappa shape index (κ3) is 2.34. The highest BCUT2D eigenvalue weighted by atomic mass is 16.5. The van der Waals surface area contributed by atoms with Crippen LogP contribution in [0.1, 0.15) is 33.6 Å². The molecule has 0 aromatic carbocycles. The van der Waals surface area contributed by atoms with Gasteiger partial charge < -0.3 is 20.7 Å². The molecule has 1 saturated heterocycles. The summed E-state index contributed by atoms with van der Waals surface area (Å²) < 4.78 is 5.70. The Morgan fingerprint density at radius 3 is 2.71 bits per heavy atom. The average Bonchev–Trinajstić information content (AvgIpc) is 2.91. The minimum atomic E-state index is -0.937. The molecule has 6 heteroatoms. The third-order valence-corrected chi connectivity index (χ3v) is 5.11. The molecule has 1 aliphatic heterocycles. The summed E-state index contributed by atoms with van der Waals surface area (Å²) in [4.78, 5) is 26.0. The number of hydrogen-bond donors (Lipinski definition) is 2. The number of nitrogens with one attached hydrogen (secondary N) is 1. The lowest BCUT2D eigenvalue weighted by Crippen LogP contribution is -2.80. The van der Waals surface area contributed by atoms with Crippen molar-refractivity contribution < 1.29 is 14.3 Å². The first-order chi connectivity index (χ1) is 9.76. The highest BCUT2D eigenvalue weighted by Crippen LogP contribution is 2.58. The van der Waals surface area contributed by atoms with Crippen molar-refractivity contribution in [1.82, 2.24) is 10.2 Å².